The second-order valence-electron chi connectivity index (χ2n) is 3.37. The lowest BCUT2D eigenvalue weighted by molar-refractivity contribution is 0.812. The van der Waals surface area contributed by atoms with Crippen LogP contribution in [-0.4, -0.2) is 9.78 Å². The highest BCUT2D eigenvalue weighted by Gasteiger charge is 2.04. The van der Waals surface area contributed by atoms with Gasteiger partial charge in [-0.2, -0.15) is 5.10 Å². The Kier molecular flexibility index (Phi) is 2.88. The first-order valence-electron chi connectivity index (χ1n) is 4.72. The van der Waals surface area contributed by atoms with Gasteiger partial charge in [0.05, 0.1) is 11.4 Å². The number of nitrogens with zero attached hydrogens (tertiary/aromatic N) is 2. The van der Waals surface area contributed by atoms with E-state index in [1.165, 1.54) is 0 Å². The molecule has 1 aromatic carbocycles. The van der Waals surface area contributed by atoms with Crippen LogP contribution in [-0.2, 0) is 6.54 Å². The van der Waals surface area contributed by atoms with E-state index in [1.807, 2.05) is 41.9 Å². The van der Waals surface area contributed by atoms with Crippen LogP contribution < -0.4 is 5.73 Å². The third kappa shape index (κ3) is 2.11. The van der Waals surface area contributed by atoms with Crippen molar-refractivity contribution in [2.24, 2.45) is 5.73 Å². The molecule has 0 radical (unpaired) electrons. The molecule has 2 aromatic rings. The Bertz CT molecular complexity index is 476. The highest BCUT2D eigenvalue weighted by atomic mass is 79.9. The summed E-state index contributed by atoms with van der Waals surface area (Å²) in [5.74, 6) is 0. The number of rotatable bonds is 2. The van der Waals surface area contributed by atoms with Gasteiger partial charge in [-0.05, 0) is 31.2 Å². The van der Waals surface area contributed by atoms with Gasteiger partial charge in [-0.15, -0.1) is 0 Å². The summed E-state index contributed by atoms with van der Waals surface area (Å²) in [5.41, 5.74) is 8.60. The molecule has 0 aliphatic carbocycles. The molecule has 0 unspecified atom stereocenters. The lowest BCUT2D eigenvalue weighted by Crippen LogP contribution is -2.01. The number of benzene rings is 1. The van der Waals surface area contributed by atoms with Gasteiger partial charge in [-0.1, -0.05) is 22.0 Å². The minimum atomic E-state index is 0.474. The number of hydrogen-bond donors (Lipinski definition) is 1. The number of halogens is 1. The van der Waals surface area contributed by atoms with Gasteiger partial charge in [0.2, 0.25) is 0 Å². The van der Waals surface area contributed by atoms with E-state index in [0.717, 1.165) is 21.5 Å². The Labute approximate surface area is 97.0 Å². The van der Waals surface area contributed by atoms with Crippen LogP contribution in [0.4, 0.5) is 0 Å². The molecule has 0 fully saturated rings. The normalized spacial score (nSPS) is 10.6. The molecule has 78 valence electrons. The third-order valence-electron chi connectivity index (χ3n) is 2.20. The molecule has 0 saturated heterocycles. The molecule has 0 atom stereocenters. The largest absolute Gasteiger partial charge is 0.325 e. The maximum atomic E-state index is 5.55. The van der Waals surface area contributed by atoms with E-state index in [9.17, 15) is 0 Å². The number of aryl methyl sites for hydroxylation is 1. The summed E-state index contributed by atoms with van der Waals surface area (Å²) in [6, 6.07) is 10.0. The molecular weight excluding hydrogens is 254 g/mol. The zero-order valence-electron chi connectivity index (χ0n) is 8.44. The second-order valence-corrected chi connectivity index (χ2v) is 4.29. The fourth-order valence-electron chi connectivity index (χ4n) is 1.51. The van der Waals surface area contributed by atoms with E-state index in [2.05, 4.69) is 21.0 Å². The maximum Gasteiger partial charge on any atom is 0.0767 e. The molecule has 2 N–H and O–H groups in total. The van der Waals surface area contributed by atoms with Gasteiger partial charge in [-0.25, -0.2) is 4.68 Å². The SMILES string of the molecule is Cc1cc(CN)nn1-c1cccc(Br)c1. The smallest absolute Gasteiger partial charge is 0.0767 e. The van der Waals surface area contributed by atoms with Crippen molar-refractivity contribution < 1.29 is 0 Å². The van der Waals surface area contributed by atoms with Crippen LogP contribution in [0.3, 0.4) is 0 Å². The monoisotopic (exact) mass is 265 g/mol. The zero-order chi connectivity index (χ0) is 10.8. The zero-order valence-corrected chi connectivity index (χ0v) is 10.0. The third-order valence-corrected chi connectivity index (χ3v) is 2.69. The molecule has 1 aromatic heterocycles. The number of aromatic nitrogens is 2. The molecule has 4 heteroatoms. The fraction of sp³-hybridized carbons (Fsp3) is 0.182. The molecule has 3 nitrogen and oxygen atoms in total. The first-order valence-corrected chi connectivity index (χ1v) is 5.51. The van der Waals surface area contributed by atoms with Gasteiger partial charge in [0, 0.05) is 16.7 Å². The molecule has 0 aliphatic rings. The van der Waals surface area contributed by atoms with Gasteiger partial charge in [0.25, 0.3) is 0 Å². The molecule has 0 bridgehead atoms. The molecule has 0 aliphatic heterocycles. The molecule has 0 saturated carbocycles. The van der Waals surface area contributed by atoms with Crippen LogP contribution in [0.2, 0.25) is 0 Å². The van der Waals surface area contributed by atoms with Gasteiger partial charge >= 0.3 is 0 Å². The highest BCUT2D eigenvalue weighted by Crippen LogP contribution is 2.17. The van der Waals surface area contributed by atoms with Crippen molar-refractivity contribution in [3.8, 4) is 5.69 Å². The number of hydrogen-bond acceptors (Lipinski definition) is 2. The van der Waals surface area contributed by atoms with E-state index in [-0.39, 0.29) is 0 Å². The summed E-state index contributed by atoms with van der Waals surface area (Å²) in [5, 5.41) is 4.41. The first kappa shape index (κ1) is 10.4. The minimum absolute atomic E-state index is 0.474. The van der Waals surface area contributed by atoms with E-state index in [0.29, 0.717) is 6.54 Å². The Balaban J connectivity index is 2.48. The number of nitrogens with two attached hydrogens (primary N) is 1. The van der Waals surface area contributed by atoms with Crippen LogP contribution in [0.5, 0.6) is 0 Å². The summed E-state index contributed by atoms with van der Waals surface area (Å²) in [7, 11) is 0. The van der Waals surface area contributed by atoms with Crippen molar-refractivity contribution in [2.75, 3.05) is 0 Å². The standard InChI is InChI=1S/C11H12BrN3/c1-8-5-10(7-13)14-15(8)11-4-2-3-9(12)6-11/h2-6H,7,13H2,1H3. The summed E-state index contributed by atoms with van der Waals surface area (Å²) < 4.78 is 2.94. The van der Waals surface area contributed by atoms with Gasteiger partial charge < -0.3 is 5.73 Å². The summed E-state index contributed by atoms with van der Waals surface area (Å²) >= 11 is 3.44. The van der Waals surface area contributed by atoms with Crippen molar-refractivity contribution in [3.05, 3.63) is 46.2 Å². The lowest BCUT2D eigenvalue weighted by Gasteiger charge is -2.04. The van der Waals surface area contributed by atoms with E-state index in [4.69, 9.17) is 5.73 Å². The first-order chi connectivity index (χ1) is 7.20. The fourth-order valence-corrected chi connectivity index (χ4v) is 1.89. The molecule has 2 rings (SSSR count). The van der Waals surface area contributed by atoms with Crippen molar-refractivity contribution in [2.45, 2.75) is 13.5 Å². The molecule has 0 amide bonds. The summed E-state index contributed by atoms with van der Waals surface area (Å²) in [4.78, 5) is 0. The maximum absolute atomic E-state index is 5.55. The quantitative estimate of drug-likeness (QED) is 0.907. The second kappa shape index (κ2) is 4.16. The molecule has 15 heavy (non-hydrogen) atoms. The van der Waals surface area contributed by atoms with Crippen LogP contribution >= 0.6 is 15.9 Å². The predicted octanol–water partition coefficient (Wildman–Crippen LogP) is 2.40. The van der Waals surface area contributed by atoms with Crippen molar-refractivity contribution in [1.82, 2.24) is 9.78 Å². The molecule has 0 spiro atoms. The van der Waals surface area contributed by atoms with Gasteiger partial charge in [-0.3, -0.25) is 0 Å². The molecule has 1 heterocycles. The average molecular weight is 266 g/mol. The van der Waals surface area contributed by atoms with E-state index < -0.39 is 0 Å². The van der Waals surface area contributed by atoms with Crippen molar-refractivity contribution in [3.63, 3.8) is 0 Å². The van der Waals surface area contributed by atoms with E-state index >= 15 is 0 Å². The van der Waals surface area contributed by atoms with Crippen LogP contribution in [0.15, 0.2) is 34.8 Å². The van der Waals surface area contributed by atoms with Crippen LogP contribution in [0.1, 0.15) is 11.4 Å². The minimum Gasteiger partial charge on any atom is -0.325 e. The Morgan fingerprint density at radius 3 is 2.80 bits per heavy atom. The van der Waals surface area contributed by atoms with Gasteiger partial charge in [0.1, 0.15) is 0 Å². The van der Waals surface area contributed by atoms with Crippen LogP contribution in [0, 0.1) is 6.92 Å². The topological polar surface area (TPSA) is 43.8 Å². The highest BCUT2D eigenvalue weighted by molar-refractivity contribution is 9.10. The lowest BCUT2D eigenvalue weighted by atomic mass is 10.3. The van der Waals surface area contributed by atoms with Crippen molar-refractivity contribution in [1.29, 1.82) is 0 Å². The Morgan fingerprint density at radius 1 is 1.40 bits per heavy atom. The van der Waals surface area contributed by atoms with E-state index in [1.54, 1.807) is 0 Å². The summed E-state index contributed by atoms with van der Waals surface area (Å²) in [6.45, 7) is 2.49. The Morgan fingerprint density at radius 2 is 2.20 bits per heavy atom. The van der Waals surface area contributed by atoms with Crippen molar-refractivity contribution >= 4 is 15.9 Å². The van der Waals surface area contributed by atoms with Crippen LogP contribution in [0.25, 0.3) is 5.69 Å². The van der Waals surface area contributed by atoms with Gasteiger partial charge in [0.15, 0.2) is 0 Å². The molecular formula is C11H12BrN3. The average Bonchev–Trinajstić information content (AvgIpc) is 2.60. The predicted molar refractivity (Wildman–Crippen MR) is 63.9 cm³/mol. The summed E-state index contributed by atoms with van der Waals surface area (Å²) in [6.07, 6.45) is 0. The Hall–Kier alpha value is -1.13.